The molecule has 7 heteroatoms. The molecule has 0 saturated heterocycles. The number of hydrogen-bond acceptors (Lipinski definition) is 5. The molecule has 1 aromatic carbocycles. The van der Waals surface area contributed by atoms with Crippen LogP contribution in [0.3, 0.4) is 0 Å². The summed E-state index contributed by atoms with van der Waals surface area (Å²) in [6.45, 7) is 2.00. The number of amides is 1. The molecule has 1 N–H and O–H groups in total. The van der Waals surface area contributed by atoms with E-state index in [2.05, 4.69) is 44.6 Å². The summed E-state index contributed by atoms with van der Waals surface area (Å²) in [7, 11) is 0. The summed E-state index contributed by atoms with van der Waals surface area (Å²) in [4.78, 5) is 27.3. The van der Waals surface area contributed by atoms with Crippen LogP contribution < -0.4 is 5.32 Å². The fourth-order valence-electron chi connectivity index (χ4n) is 4.98. The third-order valence-corrected chi connectivity index (χ3v) is 6.84. The SMILES string of the molecule is C[C@H](Cc1ccccn1)NC(=O)c1cnn(-c2ncc3c(n2)-c2ccccc2CCC3)c1C1CC1. The number of benzene rings is 1. The number of nitrogens with one attached hydrogen (secondary N) is 1. The highest BCUT2D eigenvalue weighted by atomic mass is 16.1. The molecule has 0 aliphatic heterocycles. The molecule has 1 amide bonds. The second-order valence-corrected chi connectivity index (χ2v) is 9.58. The van der Waals surface area contributed by atoms with Gasteiger partial charge in [0.15, 0.2) is 0 Å². The zero-order valence-corrected chi connectivity index (χ0v) is 19.8. The van der Waals surface area contributed by atoms with Gasteiger partial charge < -0.3 is 5.32 Å². The van der Waals surface area contributed by atoms with Crippen LogP contribution in [0.5, 0.6) is 0 Å². The van der Waals surface area contributed by atoms with Crippen LogP contribution in [0.15, 0.2) is 61.1 Å². The first-order valence-corrected chi connectivity index (χ1v) is 12.4. The third kappa shape index (κ3) is 4.34. The Kier molecular flexibility index (Phi) is 5.60. The van der Waals surface area contributed by atoms with Crippen molar-refractivity contribution in [3.05, 3.63) is 89.1 Å². The van der Waals surface area contributed by atoms with Gasteiger partial charge in [-0.3, -0.25) is 9.78 Å². The van der Waals surface area contributed by atoms with Crippen molar-refractivity contribution >= 4 is 5.91 Å². The average molecular weight is 465 g/mol. The van der Waals surface area contributed by atoms with E-state index in [9.17, 15) is 4.79 Å². The highest BCUT2D eigenvalue weighted by Crippen LogP contribution is 2.42. The van der Waals surface area contributed by atoms with Crippen LogP contribution in [-0.4, -0.2) is 36.7 Å². The molecule has 3 aromatic heterocycles. The van der Waals surface area contributed by atoms with E-state index in [0.717, 1.165) is 49.2 Å². The summed E-state index contributed by atoms with van der Waals surface area (Å²) in [6, 6.07) is 14.3. The number of nitrogens with zero attached hydrogens (tertiary/aromatic N) is 5. The Morgan fingerprint density at radius 3 is 2.71 bits per heavy atom. The molecule has 35 heavy (non-hydrogen) atoms. The van der Waals surface area contributed by atoms with Crippen molar-refractivity contribution in [1.82, 2.24) is 30.0 Å². The van der Waals surface area contributed by atoms with Gasteiger partial charge in [0.05, 0.1) is 23.1 Å². The second-order valence-electron chi connectivity index (χ2n) is 9.58. The number of carbonyl (C=O) groups excluding carboxylic acids is 1. The molecule has 176 valence electrons. The third-order valence-electron chi connectivity index (χ3n) is 6.84. The maximum absolute atomic E-state index is 13.3. The van der Waals surface area contributed by atoms with Crippen LogP contribution in [0.1, 0.15) is 65.0 Å². The quantitative estimate of drug-likeness (QED) is 0.456. The summed E-state index contributed by atoms with van der Waals surface area (Å²) in [5.41, 5.74) is 7.12. The van der Waals surface area contributed by atoms with Crippen molar-refractivity contribution in [3.63, 3.8) is 0 Å². The van der Waals surface area contributed by atoms with E-state index in [1.807, 2.05) is 31.3 Å². The van der Waals surface area contributed by atoms with Crippen LogP contribution in [0.4, 0.5) is 0 Å². The lowest BCUT2D eigenvalue weighted by molar-refractivity contribution is 0.0939. The minimum absolute atomic E-state index is 0.0481. The minimum atomic E-state index is -0.110. The van der Waals surface area contributed by atoms with Crippen LogP contribution in [0, 0.1) is 0 Å². The molecular formula is C28H28N6O. The number of rotatable bonds is 6. The molecule has 1 fully saturated rings. The van der Waals surface area contributed by atoms with Gasteiger partial charge in [-0.1, -0.05) is 30.3 Å². The van der Waals surface area contributed by atoms with Crippen LogP contribution >= 0.6 is 0 Å². The first-order valence-electron chi connectivity index (χ1n) is 12.4. The number of pyridine rings is 1. The molecule has 2 aliphatic carbocycles. The van der Waals surface area contributed by atoms with Crippen molar-refractivity contribution in [2.75, 3.05) is 0 Å². The Hall–Kier alpha value is -3.87. The van der Waals surface area contributed by atoms with E-state index in [1.54, 1.807) is 17.1 Å². The Morgan fingerprint density at radius 1 is 1.06 bits per heavy atom. The van der Waals surface area contributed by atoms with Gasteiger partial charge in [0.1, 0.15) is 0 Å². The molecular weight excluding hydrogens is 436 g/mol. The van der Waals surface area contributed by atoms with E-state index in [-0.39, 0.29) is 11.9 Å². The monoisotopic (exact) mass is 464 g/mol. The molecule has 0 bridgehead atoms. The zero-order chi connectivity index (χ0) is 23.8. The molecule has 3 heterocycles. The summed E-state index contributed by atoms with van der Waals surface area (Å²) in [5.74, 6) is 0.726. The lowest BCUT2D eigenvalue weighted by Gasteiger charge is -2.14. The molecule has 0 radical (unpaired) electrons. The minimum Gasteiger partial charge on any atom is -0.349 e. The molecule has 1 atom stereocenters. The normalized spacial score (nSPS) is 15.6. The van der Waals surface area contributed by atoms with Gasteiger partial charge in [-0.25, -0.2) is 14.6 Å². The first kappa shape index (κ1) is 21.6. The Labute approximate surface area is 204 Å². The smallest absolute Gasteiger partial charge is 0.255 e. The number of aromatic nitrogens is 5. The fraction of sp³-hybridized carbons (Fsp3) is 0.321. The number of fused-ring (bicyclic) bond motifs is 3. The molecule has 6 rings (SSSR count). The van der Waals surface area contributed by atoms with Gasteiger partial charge in [0.25, 0.3) is 11.9 Å². The molecule has 1 saturated carbocycles. The molecule has 2 aliphatic rings. The fourth-order valence-corrected chi connectivity index (χ4v) is 4.98. The molecule has 4 aromatic rings. The summed E-state index contributed by atoms with van der Waals surface area (Å²) < 4.78 is 1.78. The van der Waals surface area contributed by atoms with Gasteiger partial charge in [-0.05, 0) is 62.3 Å². The number of aryl methyl sites for hydroxylation is 2. The Morgan fingerprint density at radius 2 is 1.89 bits per heavy atom. The van der Waals surface area contributed by atoms with E-state index >= 15 is 0 Å². The summed E-state index contributed by atoms with van der Waals surface area (Å²) in [6.07, 6.45) is 11.2. The van der Waals surface area contributed by atoms with Crippen molar-refractivity contribution in [1.29, 1.82) is 0 Å². The maximum atomic E-state index is 13.3. The number of carbonyl (C=O) groups is 1. The van der Waals surface area contributed by atoms with Crippen molar-refractivity contribution in [3.8, 4) is 17.2 Å². The second kappa shape index (κ2) is 9.06. The van der Waals surface area contributed by atoms with Crippen molar-refractivity contribution in [2.24, 2.45) is 0 Å². The Bertz CT molecular complexity index is 1380. The number of hydrogen-bond donors (Lipinski definition) is 1. The lowest BCUT2D eigenvalue weighted by atomic mass is 10.0. The van der Waals surface area contributed by atoms with Crippen LogP contribution in [0.2, 0.25) is 0 Å². The molecule has 7 nitrogen and oxygen atoms in total. The summed E-state index contributed by atoms with van der Waals surface area (Å²) in [5, 5.41) is 7.74. The van der Waals surface area contributed by atoms with Crippen molar-refractivity contribution in [2.45, 2.75) is 57.4 Å². The average Bonchev–Trinajstić information content (AvgIpc) is 3.65. The Balaban J connectivity index is 1.31. The summed E-state index contributed by atoms with van der Waals surface area (Å²) >= 11 is 0. The topological polar surface area (TPSA) is 85.6 Å². The largest absolute Gasteiger partial charge is 0.349 e. The first-order chi connectivity index (χ1) is 17.2. The van der Waals surface area contributed by atoms with E-state index < -0.39 is 0 Å². The van der Waals surface area contributed by atoms with E-state index in [4.69, 9.17) is 4.98 Å². The van der Waals surface area contributed by atoms with Crippen molar-refractivity contribution < 1.29 is 4.79 Å². The van der Waals surface area contributed by atoms with Gasteiger partial charge >= 0.3 is 0 Å². The highest BCUT2D eigenvalue weighted by Gasteiger charge is 2.34. The van der Waals surface area contributed by atoms with Gasteiger partial charge in [-0.15, -0.1) is 0 Å². The van der Waals surface area contributed by atoms with Gasteiger partial charge in [-0.2, -0.15) is 5.10 Å². The lowest BCUT2D eigenvalue weighted by Crippen LogP contribution is -2.34. The zero-order valence-electron chi connectivity index (χ0n) is 19.8. The van der Waals surface area contributed by atoms with E-state index in [0.29, 0.717) is 23.9 Å². The maximum Gasteiger partial charge on any atom is 0.255 e. The van der Waals surface area contributed by atoms with Crippen LogP contribution in [0.25, 0.3) is 17.2 Å². The molecule has 0 unspecified atom stereocenters. The predicted molar refractivity (Wildman–Crippen MR) is 133 cm³/mol. The van der Waals surface area contributed by atoms with Gasteiger partial charge in [0, 0.05) is 42.0 Å². The predicted octanol–water partition coefficient (Wildman–Crippen LogP) is 4.45. The molecule has 0 spiro atoms. The standard InChI is InChI=1S/C28H28N6O/c1-18(15-22-10-4-5-14-29-22)32-27(35)24-17-31-34(26(24)20-12-13-20)28-30-16-21-9-6-8-19-7-2-3-11-23(19)25(21)33-28/h2-5,7,10-11,14,16-18,20H,6,8-9,12-13,15H2,1H3,(H,32,35)/t18-/m1/s1. The van der Waals surface area contributed by atoms with Crippen LogP contribution in [-0.2, 0) is 19.3 Å². The highest BCUT2D eigenvalue weighted by molar-refractivity contribution is 5.95. The van der Waals surface area contributed by atoms with Gasteiger partial charge in [0.2, 0.25) is 0 Å². The van der Waals surface area contributed by atoms with E-state index in [1.165, 1.54) is 16.7 Å².